The molecule has 0 aromatic heterocycles. The minimum atomic E-state index is -1.87. The number of ether oxygens (including phenoxy) is 8. The minimum Gasteiger partial charge on any atom is -0.394 e. The predicted molar refractivity (Wildman–Crippen MR) is 262 cm³/mol. The second-order valence-electron chi connectivity index (χ2n) is 25.5. The molecule has 0 spiro atoms. The van der Waals surface area contributed by atoms with Gasteiger partial charge in [0, 0.05) is 0 Å². The Hall–Kier alpha value is -1.18. The van der Waals surface area contributed by atoms with Gasteiger partial charge in [0.15, 0.2) is 25.2 Å². The summed E-state index contributed by atoms with van der Waals surface area (Å²) in [5.41, 5.74) is -2.45. The zero-order chi connectivity index (χ0) is 55.9. The van der Waals surface area contributed by atoms with Crippen molar-refractivity contribution in [3.8, 4) is 0 Å². The maximum absolute atomic E-state index is 12.8. The highest BCUT2D eigenvalue weighted by Gasteiger charge is 2.73. The zero-order valence-corrected chi connectivity index (χ0v) is 44.9. The number of hydrogen-bond acceptors (Lipinski definition) is 23. The lowest BCUT2D eigenvalue weighted by Gasteiger charge is -2.71. The van der Waals surface area contributed by atoms with Crippen LogP contribution in [0.4, 0.5) is 0 Å². The highest BCUT2D eigenvalue weighted by Crippen LogP contribution is 2.76. The first-order valence-electron chi connectivity index (χ1n) is 27.4. The van der Waals surface area contributed by atoms with Crippen LogP contribution in [-0.4, -0.2) is 244 Å². The molecule has 8 rings (SSSR count). The van der Waals surface area contributed by atoms with Crippen molar-refractivity contribution in [2.24, 2.45) is 45.3 Å². The molecule has 0 amide bonds. The molecule has 4 aliphatic carbocycles. The number of aliphatic hydroxyl groups excluding tert-OH is 15. The molecule has 0 unspecified atom stereocenters. The summed E-state index contributed by atoms with van der Waals surface area (Å²) in [6, 6.07) is 0. The van der Waals surface area contributed by atoms with Gasteiger partial charge in [-0.05, 0) is 117 Å². The summed E-state index contributed by atoms with van der Waals surface area (Å²) >= 11 is 0. The van der Waals surface area contributed by atoms with Gasteiger partial charge in [0.25, 0.3) is 0 Å². The monoisotopic (exact) mass is 1090 g/mol. The first-order valence-corrected chi connectivity index (χ1v) is 27.4. The van der Waals surface area contributed by atoms with Crippen LogP contribution in [-0.2, 0) is 37.9 Å². The normalized spacial score (nSPS) is 53.2. The van der Waals surface area contributed by atoms with E-state index in [0.29, 0.717) is 44.9 Å². The molecule has 15 N–H and O–H groups in total. The average Bonchev–Trinajstić information content (AvgIpc) is 3.95. The van der Waals surface area contributed by atoms with Gasteiger partial charge < -0.3 is 114 Å². The quantitative estimate of drug-likeness (QED) is 0.0557. The Morgan fingerprint density at radius 2 is 1.17 bits per heavy atom. The lowest BCUT2D eigenvalue weighted by atomic mass is 9.35. The van der Waals surface area contributed by atoms with Crippen LogP contribution >= 0.6 is 0 Å². The Balaban J connectivity index is 1.02. The van der Waals surface area contributed by atoms with Gasteiger partial charge in [0.05, 0.1) is 50.3 Å². The number of fused-ring (bicyclic) bond motifs is 5. The second-order valence-corrected chi connectivity index (χ2v) is 25.5. The van der Waals surface area contributed by atoms with Gasteiger partial charge in [0.2, 0.25) is 0 Å². The lowest BCUT2D eigenvalue weighted by molar-refractivity contribution is -0.383. The molecule has 4 heterocycles. The molecule has 30 atom stereocenters. The van der Waals surface area contributed by atoms with E-state index >= 15 is 0 Å². The lowest BCUT2D eigenvalue weighted by Crippen LogP contribution is -2.70. The van der Waals surface area contributed by atoms with Crippen LogP contribution in [0, 0.1) is 45.3 Å². The molecule has 8 aliphatic rings. The van der Waals surface area contributed by atoms with Crippen molar-refractivity contribution in [3.63, 3.8) is 0 Å². The summed E-state index contributed by atoms with van der Waals surface area (Å²) in [6.07, 6.45) is -28.2. The smallest absolute Gasteiger partial charge is 0.187 e. The van der Waals surface area contributed by atoms with Gasteiger partial charge in [0.1, 0.15) is 91.6 Å². The Labute approximate surface area is 444 Å². The fourth-order valence-corrected chi connectivity index (χ4v) is 16.2. The van der Waals surface area contributed by atoms with Gasteiger partial charge in [-0.1, -0.05) is 40.2 Å². The molecule has 0 radical (unpaired) electrons. The van der Waals surface area contributed by atoms with E-state index in [1.807, 2.05) is 27.7 Å². The van der Waals surface area contributed by atoms with Crippen molar-refractivity contribution in [3.05, 3.63) is 12.2 Å². The van der Waals surface area contributed by atoms with Gasteiger partial charge in [-0.15, -0.1) is 6.58 Å². The van der Waals surface area contributed by atoms with Crippen LogP contribution in [0.15, 0.2) is 12.2 Å². The van der Waals surface area contributed by atoms with E-state index in [-0.39, 0.29) is 36.7 Å². The third kappa shape index (κ3) is 10.5. The molecule has 0 bridgehead atoms. The van der Waals surface area contributed by atoms with Crippen LogP contribution in [0.2, 0.25) is 0 Å². The molecule has 8 fully saturated rings. The Morgan fingerprint density at radius 3 is 1.80 bits per heavy atom. The summed E-state index contributed by atoms with van der Waals surface area (Å²) in [5, 5.41) is 164. The standard InChI is InChI=1S/C53H90O23/c1-22(2)10-9-13-53(8,76-47-42(68)38(64)36(62)29(73-47)21-70-45-40(66)33(59)26(58)20-69-45)23-11-14-52(7)32(23)24(56)16-31-50(5)17-25(57)44(49(3,4)30(50)12-15-51(31,52)6)75-48-43(39(65)35(61)28(19-55)72-48)74-46-41(67)37(63)34(60)27(18-54)71-46/h23-48,54-68H,1,9-21H2,2-8H3/t23-,24+,25-,26-,27-,28-,29+,30+,31-,32-,33-,34-,35-,36+,37+,38+,39+,40-,41-,42-,43+,44+,45+,46-,47-,48-,50+,51+,52-,53+/m1/s1. The number of rotatable bonds is 16. The number of aliphatic hydroxyl groups is 15. The zero-order valence-electron chi connectivity index (χ0n) is 44.9. The summed E-state index contributed by atoms with van der Waals surface area (Å²) in [5.74, 6) is -0.878. The molecule has 23 nitrogen and oxygen atoms in total. The van der Waals surface area contributed by atoms with Crippen molar-refractivity contribution in [1.82, 2.24) is 0 Å². The summed E-state index contributed by atoms with van der Waals surface area (Å²) < 4.78 is 48.4. The third-order valence-electron chi connectivity index (χ3n) is 20.5. The topological polar surface area (TPSA) is 377 Å². The summed E-state index contributed by atoms with van der Waals surface area (Å²) in [7, 11) is 0. The highest BCUT2D eigenvalue weighted by atomic mass is 16.8. The van der Waals surface area contributed by atoms with E-state index in [9.17, 15) is 76.6 Å². The van der Waals surface area contributed by atoms with Crippen molar-refractivity contribution < 1.29 is 114 Å². The van der Waals surface area contributed by atoms with Gasteiger partial charge in [-0.25, -0.2) is 0 Å². The molecule has 0 aromatic rings. The summed E-state index contributed by atoms with van der Waals surface area (Å²) in [6.45, 7) is 16.4. The maximum atomic E-state index is 12.8. The van der Waals surface area contributed by atoms with Crippen molar-refractivity contribution in [2.45, 2.75) is 247 Å². The number of hydrogen-bond donors (Lipinski definition) is 15. The van der Waals surface area contributed by atoms with Crippen LogP contribution in [0.25, 0.3) is 0 Å². The van der Waals surface area contributed by atoms with E-state index in [0.717, 1.165) is 12.0 Å². The van der Waals surface area contributed by atoms with E-state index in [4.69, 9.17) is 37.9 Å². The molecular weight excluding hydrogens is 1000 g/mol. The molecule has 4 saturated carbocycles. The third-order valence-corrected chi connectivity index (χ3v) is 20.5. The van der Waals surface area contributed by atoms with Crippen molar-refractivity contribution in [2.75, 3.05) is 26.4 Å². The van der Waals surface area contributed by atoms with Crippen LogP contribution < -0.4 is 0 Å². The molecule has 76 heavy (non-hydrogen) atoms. The molecule has 440 valence electrons. The average molecular weight is 1100 g/mol. The summed E-state index contributed by atoms with van der Waals surface area (Å²) in [4.78, 5) is 0. The second kappa shape index (κ2) is 22.9. The Bertz CT molecular complexity index is 1970. The van der Waals surface area contributed by atoms with E-state index in [2.05, 4.69) is 27.4 Å². The molecule has 0 aromatic carbocycles. The van der Waals surface area contributed by atoms with Crippen molar-refractivity contribution >= 4 is 0 Å². The van der Waals surface area contributed by atoms with E-state index in [1.54, 1.807) is 0 Å². The predicted octanol–water partition coefficient (Wildman–Crippen LogP) is -2.59. The van der Waals surface area contributed by atoms with E-state index in [1.165, 1.54) is 0 Å². The van der Waals surface area contributed by atoms with E-state index < -0.39 is 182 Å². The SMILES string of the molecule is C=C(C)CCC[C@](C)(O[C@H]1O[C@@H](CO[C@@H]2OC[C@@H](O)[C@@H](O)[C@H]2O)[C@H](O)[C@H](O)[C@H]1O)[C@@H]1CC[C@]2(C)[C@H]1[C@@H](O)C[C@@H]1[C@@]3(C)C[C@@H](O)[C@H](O[C@H]4O[C@H](CO)[C@@H](O)[C@H](O)[C@@H]4O[C@H]4O[C@H](CO)[C@@H](O)[C@H](O)[C@H]4O)C(C)(C)[C@@H]3CC[C@@]12C. The van der Waals surface area contributed by atoms with Gasteiger partial charge in [-0.2, -0.15) is 0 Å². The van der Waals surface area contributed by atoms with Crippen molar-refractivity contribution in [1.29, 1.82) is 0 Å². The van der Waals surface area contributed by atoms with Crippen LogP contribution in [0.5, 0.6) is 0 Å². The number of allylic oxidation sites excluding steroid dienone is 1. The highest BCUT2D eigenvalue weighted by molar-refractivity contribution is 5.21. The Morgan fingerprint density at radius 1 is 0.605 bits per heavy atom. The molecule has 4 aliphatic heterocycles. The Kier molecular flexibility index (Phi) is 18.3. The fourth-order valence-electron chi connectivity index (χ4n) is 16.2. The van der Waals surface area contributed by atoms with Crippen LogP contribution in [0.1, 0.15) is 106 Å². The first kappa shape index (κ1) is 60.9. The first-order chi connectivity index (χ1) is 35.5. The maximum Gasteiger partial charge on any atom is 0.187 e. The van der Waals surface area contributed by atoms with Gasteiger partial charge in [-0.3, -0.25) is 0 Å². The fraction of sp³-hybridized carbons (Fsp3) is 0.962. The molecular formula is C53H90O23. The molecule has 23 heteroatoms. The minimum absolute atomic E-state index is 0.125. The molecule has 4 saturated heterocycles. The van der Waals surface area contributed by atoms with Gasteiger partial charge >= 0.3 is 0 Å². The largest absolute Gasteiger partial charge is 0.394 e. The van der Waals surface area contributed by atoms with Crippen LogP contribution in [0.3, 0.4) is 0 Å².